The van der Waals surface area contributed by atoms with Crippen LogP contribution < -0.4 is 5.73 Å². The molecule has 146 valence electrons. The van der Waals surface area contributed by atoms with E-state index in [1.807, 2.05) is 4.57 Å². The molecule has 0 radical (unpaired) electrons. The normalized spacial score (nSPS) is 27.7. The predicted octanol–water partition coefficient (Wildman–Crippen LogP) is 3.09. The van der Waals surface area contributed by atoms with Crippen LogP contribution in [0.3, 0.4) is 0 Å². The van der Waals surface area contributed by atoms with Gasteiger partial charge in [-0.1, -0.05) is 19.9 Å². The van der Waals surface area contributed by atoms with Crippen molar-refractivity contribution in [2.24, 2.45) is 17.3 Å². The molecule has 2 aromatic heterocycles. The van der Waals surface area contributed by atoms with Crippen molar-refractivity contribution in [1.29, 1.82) is 0 Å². The zero-order valence-corrected chi connectivity index (χ0v) is 16.1. The standard InChI is InChI=1S/C19H26FN5O2/c1-10(27-9-26-4)11-5-14(13-7-19(2,3)6-12(11)13)25-8-22-15-16(21)23-18(20)24-17(15)25/h5,8,10,12-14H,6-7,9H2,1-4H3,(H2,21,23,24)/t10-,12-,13-,14-/m1/s1. The highest BCUT2D eigenvalue weighted by atomic mass is 19.1. The van der Waals surface area contributed by atoms with Gasteiger partial charge in [0.2, 0.25) is 0 Å². The molecule has 0 saturated heterocycles. The molecule has 8 heteroatoms. The number of nitrogens with two attached hydrogens (primary N) is 1. The quantitative estimate of drug-likeness (QED) is 0.491. The molecule has 0 amide bonds. The van der Waals surface area contributed by atoms with Gasteiger partial charge >= 0.3 is 6.08 Å². The molecule has 2 aromatic rings. The van der Waals surface area contributed by atoms with Crippen molar-refractivity contribution in [1.82, 2.24) is 19.5 Å². The molecule has 1 fully saturated rings. The van der Waals surface area contributed by atoms with Crippen LogP contribution in [0.5, 0.6) is 0 Å². The SMILES string of the molecule is COCO[C@H](C)C1=C[C@@H](n2cnc3c(N)nc(F)nc32)[C@@H]2CC(C)(C)C[C@H]12. The minimum absolute atomic E-state index is 0.0393. The molecule has 4 atom stereocenters. The van der Waals surface area contributed by atoms with Gasteiger partial charge in [0, 0.05) is 7.11 Å². The van der Waals surface area contributed by atoms with Crippen molar-refractivity contribution in [2.45, 2.75) is 45.8 Å². The monoisotopic (exact) mass is 375 g/mol. The molecule has 2 aliphatic rings. The first-order chi connectivity index (χ1) is 12.8. The average Bonchev–Trinajstić information content (AvgIpc) is 3.23. The Bertz CT molecular complexity index is 894. The van der Waals surface area contributed by atoms with E-state index in [0.29, 0.717) is 23.0 Å². The third-order valence-electron chi connectivity index (χ3n) is 5.96. The molecule has 2 N–H and O–H groups in total. The van der Waals surface area contributed by atoms with Gasteiger partial charge < -0.3 is 19.8 Å². The van der Waals surface area contributed by atoms with Crippen molar-refractivity contribution >= 4 is 17.0 Å². The number of nitrogens with zero attached hydrogens (tertiary/aromatic N) is 4. The van der Waals surface area contributed by atoms with Crippen molar-refractivity contribution in [3.63, 3.8) is 0 Å². The fourth-order valence-electron chi connectivity index (χ4n) is 4.90. The van der Waals surface area contributed by atoms with E-state index in [9.17, 15) is 4.39 Å². The number of anilines is 1. The zero-order chi connectivity index (χ0) is 19.3. The van der Waals surface area contributed by atoms with Crippen LogP contribution in [0.4, 0.5) is 10.2 Å². The van der Waals surface area contributed by atoms with Gasteiger partial charge in [0.1, 0.15) is 12.3 Å². The molecule has 1 saturated carbocycles. The Morgan fingerprint density at radius 2 is 2.15 bits per heavy atom. The van der Waals surface area contributed by atoms with Crippen LogP contribution in [0.25, 0.3) is 11.2 Å². The highest BCUT2D eigenvalue weighted by Crippen LogP contribution is 2.57. The zero-order valence-electron chi connectivity index (χ0n) is 16.1. The molecule has 0 spiro atoms. The molecule has 0 unspecified atom stereocenters. The summed E-state index contributed by atoms with van der Waals surface area (Å²) in [4.78, 5) is 11.9. The van der Waals surface area contributed by atoms with Gasteiger partial charge in [-0.15, -0.1) is 0 Å². The van der Waals surface area contributed by atoms with E-state index < -0.39 is 6.08 Å². The first-order valence-electron chi connectivity index (χ1n) is 9.28. The lowest BCUT2D eigenvalue weighted by Crippen LogP contribution is -2.20. The number of hydrogen-bond acceptors (Lipinski definition) is 6. The van der Waals surface area contributed by atoms with E-state index in [2.05, 4.69) is 41.8 Å². The van der Waals surface area contributed by atoms with Crippen LogP contribution in [0.1, 0.15) is 39.7 Å². The highest BCUT2D eigenvalue weighted by molar-refractivity contribution is 5.81. The number of nitrogen functional groups attached to an aromatic ring is 1. The lowest BCUT2D eigenvalue weighted by Gasteiger charge is -2.22. The lowest BCUT2D eigenvalue weighted by molar-refractivity contribution is -0.0556. The van der Waals surface area contributed by atoms with Gasteiger partial charge in [0.15, 0.2) is 11.5 Å². The highest BCUT2D eigenvalue weighted by Gasteiger charge is 2.49. The Labute approximate surface area is 157 Å². The van der Waals surface area contributed by atoms with Gasteiger partial charge in [-0.3, -0.25) is 0 Å². The second kappa shape index (κ2) is 6.53. The Morgan fingerprint density at radius 1 is 1.37 bits per heavy atom. The van der Waals surface area contributed by atoms with Crippen molar-refractivity contribution in [2.75, 3.05) is 19.6 Å². The van der Waals surface area contributed by atoms with Crippen LogP contribution in [0.2, 0.25) is 0 Å². The molecule has 0 aromatic carbocycles. The summed E-state index contributed by atoms with van der Waals surface area (Å²) in [6.07, 6.45) is 5.23. The Kier molecular flexibility index (Phi) is 4.43. The first-order valence-corrected chi connectivity index (χ1v) is 9.28. The lowest BCUT2D eigenvalue weighted by atomic mass is 9.87. The number of ether oxygens (including phenoxy) is 2. The molecule has 7 nitrogen and oxygen atoms in total. The van der Waals surface area contributed by atoms with E-state index in [4.69, 9.17) is 15.2 Å². The minimum Gasteiger partial charge on any atom is -0.382 e. The minimum atomic E-state index is -0.830. The maximum atomic E-state index is 13.8. The fraction of sp³-hybridized carbons (Fsp3) is 0.632. The van der Waals surface area contributed by atoms with Gasteiger partial charge in [0.25, 0.3) is 0 Å². The number of aromatic nitrogens is 4. The summed E-state index contributed by atoms with van der Waals surface area (Å²) in [5.41, 5.74) is 8.23. The van der Waals surface area contributed by atoms with Crippen LogP contribution in [-0.2, 0) is 9.47 Å². The van der Waals surface area contributed by atoms with Crippen molar-refractivity contribution < 1.29 is 13.9 Å². The number of allylic oxidation sites excluding steroid dienone is 1. The molecule has 0 aliphatic heterocycles. The van der Waals surface area contributed by atoms with Gasteiger partial charge in [0.05, 0.1) is 18.5 Å². The van der Waals surface area contributed by atoms with Crippen molar-refractivity contribution in [3.8, 4) is 0 Å². The van der Waals surface area contributed by atoms with Gasteiger partial charge in [-0.25, -0.2) is 4.98 Å². The van der Waals surface area contributed by atoms with E-state index in [1.54, 1.807) is 13.4 Å². The van der Waals surface area contributed by atoms with E-state index in [0.717, 1.165) is 12.8 Å². The Morgan fingerprint density at radius 3 is 2.89 bits per heavy atom. The Balaban J connectivity index is 1.76. The second-order valence-electron chi connectivity index (χ2n) is 8.42. The van der Waals surface area contributed by atoms with Gasteiger partial charge in [-0.2, -0.15) is 14.4 Å². The molecule has 2 heterocycles. The molecule has 4 rings (SSSR count). The predicted molar refractivity (Wildman–Crippen MR) is 99.2 cm³/mol. The smallest absolute Gasteiger partial charge is 0.312 e. The number of halogens is 1. The van der Waals surface area contributed by atoms with E-state index in [-0.39, 0.29) is 30.2 Å². The second-order valence-corrected chi connectivity index (χ2v) is 8.42. The number of rotatable bonds is 5. The number of fused-ring (bicyclic) bond motifs is 2. The topological polar surface area (TPSA) is 88.1 Å². The maximum absolute atomic E-state index is 13.8. The molecular weight excluding hydrogens is 349 g/mol. The summed E-state index contributed by atoms with van der Waals surface area (Å²) in [6, 6.07) is 0.0408. The van der Waals surface area contributed by atoms with Crippen LogP contribution in [0, 0.1) is 23.3 Å². The summed E-state index contributed by atoms with van der Waals surface area (Å²) in [5, 5.41) is 0. The van der Waals surface area contributed by atoms with Crippen LogP contribution in [0.15, 0.2) is 18.0 Å². The van der Waals surface area contributed by atoms with Crippen LogP contribution >= 0.6 is 0 Å². The molecule has 27 heavy (non-hydrogen) atoms. The number of imidazole rings is 1. The summed E-state index contributed by atoms with van der Waals surface area (Å²) in [6.45, 7) is 6.91. The van der Waals surface area contributed by atoms with Crippen molar-refractivity contribution in [3.05, 3.63) is 24.1 Å². The summed E-state index contributed by atoms with van der Waals surface area (Å²) >= 11 is 0. The third kappa shape index (κ3) is 3.10. The van der Waals surface area contributed by atoms with E-state index >= 15 is 0 Å². The average molecular weight is 375 g/mol. The summed E-state index contributed by atoms with van der Waals surface area (Å²) < 4.78 is 26.6. The third-order valence-corrected chi connectivity index (χ3v) is 5.96. The largest absolute Gasteiger partial charge is 0.382 e. The fourth-order valence-corrected chi connectivity index (χ4v) is 4.90. The maximum Gasteiger partial charge on any atom is 0.312 e. The van der Waals surface area contributed by atoms with E-state index in [1.165, 1.54) is 5.57 Å². The number of hydrogen-bond donors (Lipinski definition) is 1. The number of methoxy groups -OCH3 is 1. The first kappa shape index (κ1) is 18.3. The summed E-state index contributed by atoms with van der Waals surface area (Å²) in [5.74, 6) is 0.872. The molecule has 2 aliphatic carbocycles. The van der Waals surface area contributed by atoms with Crippen LogP contribution in [-0.4, -0.2) is 39.5 Å². The molecule has 0 bridgehead atoms. The molecular formula is C19H26FN5O2. The van der Waals surface area contributed by atoms with Gasteiger partial charge in [-0.05, 0) is 42.6 Å². The Hall–Kier alpha value is -2.06. The summed E-state index contributed by atoms with van der Waals surface area (Å²) in [7, 11) is 1.62.